The van der Waals surface area contributed by atoms with Gasteiger partial charge in [-0.2, -0.15) is 0 Å². The lowest BCUT2D eigenvalue weighted by molar-refractivity contribution is -0.114. The van der Waals surface area contributed by atoms with Crippen molar-refractivity contribution in [2.24, 2.45) is 0 Å². The van der Waals surface area contributed by atoms with Crippen LogP contribution >= 0.6 is 0 Å². The zero-order valence-electron chi connectivity index (χ0n) is 17.4. The van der Waals surface area contributed by atoms with Gasteiger partial charge in [0.05, 0.1) is 6.54 Å². The fraction of sp³-hybridized carbons (Fsp3) is 0.120. The molecule has 2 amide bonds. The maximum absolute atomic E-state index is 12.3. The molecule has 158 valence electrons. The molecule has 0 aliphatic rings. The molecule has 0 spiro atoms. The summed E-state index contributed by atoms with van der Waals surface area (Å²) in [5, 5.41) is 8.73. The van der Waals surface area contributed by atoms with Gasteiger partial charge < -0.3 is 20.7 Å². The van der Waals surface area contributed by atoms with Crippen LogP contribution in [0.5, 0.6) is 5.75 Å². The molecule has 0 radical (unpaired) electrons. The normalized spacial score (nSPS) is 10.1. The lowest BCUT2D eigenvalue weighted by Gasteiger charge is -2.11. The third-order valence-electron chi connectivity index (χ3n) is 4.21. The molecular weight excluding hydrogens is 390 g/mol. The monoisotopic (exact) mass is 415 g/mol. The van der Waals surface area contributed by atoms with Crippen molar-refractivity contribution < 1.29 is 14.3 Å². The lowest BCUT2D eigenvalue weighted by atomic mass is 10.2. The number of nitrogens with one attached hydrogen (secondary N) is 3. The minimum absolute atomic E-state index is 0.0878. The maximum Gasteiger partial charge on any atom is 0.255 e. The minimum atomic E-state index is -0.209. The van der Waals surface area contributed by atoms with Crippen molar-refractivity contribution in [3.8, 4) is 5.75 Å². The summed E-state index contributed by atoms with van der Waals surface area (Å²) in [5.41, 5.74) is 3.46. The van der Waals surface area contributed by atoms with Crippen molar-refractivity contribution >= 4 is 28.9 Å². The van der Waals surface area contributed by atoms with Crippen LogP contribution in [-0.4, -0.2) is 25.0 Å². The van der Waals surface area contributed by atoms with E-state index in [9.17, 15) is 9.59 Å². The van der Waals surface area contributed by atoms with Gasteiger partial charge in [0.15, 0.2) is 0 Å². The molecule has 0 unspecified atom stereocenters. The minimum Gasteiger partial charge on any atom is -0.489 e. The molecule has 0 saturated carbocycles. The van der Waals surface area contributed by atoms with E-state index in [1.807, 2.05) is 37.3 Å². The van der Waals surface area contributed by atoms with E-state index in [-0.39, 0.29) is 18.4 Å². The third kappa shape index (κ3) is 7.04. The Bertz CT molecular complexity index is 1060. The number of carbonyl (C=O) groups is 2. The van der Waals surface area contributed by atoms with Crippen molar-refractivity contribution in [3.63, 3.8) is 0 Å². The highest BCUT2D eigenvalue weighted by Crippen LogP contribution is 2.19. The molecule has 3 rings (SSSR count). The smallest absolute Gasteiger partial charge is 0.255 e. The SMILES string of the molecule is C=C(C)COc1cccc(NCC(=O)Nc2cccc(NC(=O)c3ccccc3)c2)c1. The first-order valence-electron chi connectivity index (χ1n) is 9.87. The molecule has 3 aromatic rings. The second kappa shape index (κ2) is 10.6. The quantitative estimate of drug-likeness (QED) is 0.432. The second-order valence-electron chi connectivity index (χ2n) is 7.08. The molecule has 3 N–H and O–H groups in total. The zero-order chi connectivity index (χ0) is 22.1. The predicted molar refractivity (Wildman–Crippen MR) is 125 cm³/mol. The van der Waals surface area contributed by atoms with Crippen LogP contribution < -0.4 is 20.7 Å². The van der Waals surface area contributed by atoms with Gasteiger partial charge >= 0.3 is 0 Å². The van der Waals surface area contributed by atoms with Crippen LogP contribution in [0, 0.1) is 0 Å². The summed E-state index contributed by atoms with van der Waals surface area (Å²) in [6.07, 6.45) is 0. The fourth-order valence-electron chi connectivity index (χ4n) is 2.76. The first-order chi connectivity index (χ1) is 15.0. The van der Waals surface area contributed by atoms with Crippen LogP contribution in [0.25, 0.3) is 0 Å². The number of amides is 2. The van der Waals surface area contributed by atoms with Crippen LogP contribution in [0.15, 0.2) is 91.0 Å². The number of benzene rings is 3. The van der Waals surface area contributed by atoms with E-state index in [1.165, 1.54) is 0 Å². The Kier molecular flexibility index (Phi) is 7.43. The van der Waals surface area contributed by atoms with Gasteiger partial charge in [-0.25, -0.2) is 0 Å². The van der Waals surface area contributed by atoms with Crippen molar-refractivity contribution in [1.29, 1.82) is 0 Å². The predicted octanol–water partition coefficient (Wildman–Crippen LogP) is 4.94. The number of anilines is 3. The largest absolute Gasteiger partial charge is 0.489 e. The first kappa shape index (κ1) is 21.6. The van der Waals surface area contributed by atoms with Crippen molar-refractivity contribution in [1.82, 2.24) is 0 Å². The molecule has 31 heavy (non-hydrogen) atoms. The van der Waals surface area contributed by atoms with Gasteiger partial charge in [0, 0.05) is 28.7 Å². The average molecular weight is 415 g/mol. The topological polar surface area (TPSA) is 79.5 Å². The molecule has 0 saturated heterocycles. The van der Waals surface area contributed by atoms with Gasteiger partial charge in [-0.05, 0) is 55.0 Å². The van der Waals surface area contributed by atoms with Gasteiger partial charge in [-0.3, -0.25) is 9.59 Å². The molecule has 0 fully saturated rings. The summed E-state index contributed by atoms with van der Waals surface area (Å²) in [6, 6.07) is 23.4. The Morgan fingerprint density at radius 2 is 1.52 bits per heavy atom. The Morgan fingerprint density at radius 1 is 0.839 bits per heavy atom. The maximum atomic E-state index is 12.3. The van der Waals surface area contributed by atoms with Crippen molar-refractivity contribution in [2.75, 3.05) is 29.1 Å². The van der Waals surface area contributed by atoms with Gasteiger partial charge in [0.2, 0.25) is 5.91 Å². The number of hydrogen-bond acceptors (Lipinski definition) is 4. The van der Waals surface area contributed by atoms with E-state index < -0.39 is 0 Å². The molecule has 6 nitrogen and oxygen atoms in total. The summed E-state index contributed by atoms with van der Waals surface area (Å²) in [5.74, 6) is 0.287. The van der Waals surface area contributed by atoms with Gasteiger partial charge in [-0.1, -0.05) is 36.9 Å². The summed E-state index contributed by atoms with van der Waals surface area (Å²) < 4.78 is 5.61. The fourth-order valence-corrected chi connectivity index (χ4v) is 2.76. The molecule has 3 aromatic carbocycles. The molecule has 0 aliphatic heterocycles. The van der Waals surface area contributed by atoms with E-state index in [2.05, 4.69) is 22.5 Å². The highest BCUT2D eigenvalue weighted by molar-refractivity contribution is 6.04. The van der Waals surface area contributed by atoms with E-state index in [0.29, 0.717) is 29.3 Å². The van der Waals surface area contributed by atoms with Crippen LogP contribution in [0.4, 0.5) is 17.1 Å². The van der Waals surface area contributed by atoms with Crippen LogP contribution in [0.1, 0.15) is 17.3 Å². The molecule has 6 heteroatoms. The number of rotatable bonds is 9. The lowest BCUT2D eigenvalue weighted by Crippen LogP contribution is -2.21. The van der Waals surface area contributed by atoms with Crippen molar-refractivity contribution in [3.05, 3.63) is 96.6 Å². The first-order valence-corrected chi connectivity index (χ1v) is 9.87. The Hall–Kier alpha value is -4.06. The number of hydrogen-bond donors (Lipinski definition) is 3. The standard InChI is InChI=1S/C25H25N3O3/c1-18(2)17-31-23-13-7-10-20(15-23)26-16-24(29)27-21-11-6-12-22(14-21)28-25(30)19-8-4-3-5-9-19/h3-15,26H,1,16-17H2,2H3,(H,27,29)(H,28,30). The third-order valence-corrected chi connectivity index (χ3v) is 4.21. The Morgan fingerprint density at radius 3 is 2.26 bits per heavy atom. The van der Waals surface area contributed by atoms with Crippen LogP contribution in [-0.2, 0) is 4.79 Å². The number of ether oxygens (including phenoxy) is 1. The number of carbonyl (C=O) groups excluding carboxylic acids is 2. The summed E-state index contributed by atoms with van der Waals surface area (Å²) >= 11 is 0. The van der Waals surface area contributed by atoms with E-state index in [4.69, 9.17) is 4.74 Å². The average Bonchev–Trinajstić information content (AvgIpc) is 2.77. The van der Waals surface area contributed by atoms with Gasteiger partial charge in [-0.15, -0.1) is 0 Å². The highest BCUT2D eigenvalue weighted by atomic mass is 16.5. The summed E-state index contributed by atoms with van der Waals surface area (Å²) in [4.78, 5) is 24.6. The van der Waals surface area contributed by atoms with Crippen LogP contribution in [0.2, 0.25) is 0 Å². The van der Waals surface area contributed by atoms with Crippen molar-refractivity contribution in [2.45, 2.75) is 6.92 Å². The van der Waals surface area contributed by atoms with Crippen LogP contribution in [0.3, 0.4) is 0 Å². The summed E-state index contributed by atoms with van der Waals surface area (Å²) in [6.45, 7) is 6.24. The molecule has 0 aliphatic carbocycles. The van der Waals surface area contributed by atoms with Gasteiger partial charge in [0.1, 0.15) is 12.4 Å². The highest BCUT2D eigenvalue weighted by Gasteiger charge is 2.07. The van der Waals surface area contributed by atoms with E-state index in [0.717, 1.165) is 11.3 Å². The Balaban J connectivity index is 1.53. The second-order valence-corrected chi connectivity index (χ2v) is 7.08. The molecular formula is C25H25N3O3. The molecule has 0 bridgehead atoms. The summed E-state index contributed by atoms with van der Waals surface area (Å²) in [7, 11) is 0. The molecule has 0 heterocycles. The Labute approximate surface area is 181 Å². The molecule has 0 aromatic heterocycles. The molecule has 0 atom stereocenters. The van der Waals surface area contributed by atoms with E-state index in [1.54, 1.807) is 48.5 Å². The zero-order valence-corrected chi connectivity index (χ0v) is 17.4. The van der Waals surface area contributed by atoms with E-state index >= 15 is 0 Å². The van der Waals surface area contributed by atoms with Gasteiger partial charge in [0.25, 0.3) is 5.91 Å².